The Kier molecular flexibility index (Phi) is 4.71. The van der Waals surface area contributed by atoms with Crippen molar-refractivity contribution in [2.24, 2.45) is 0 Å². The van der Waals surface area contributed by atoms with E-state index in [0.717, 1.165) is 41.2 Å². The van der Waals surface area contributed by atoms with Crippen LogP contribution in [0, 0.1) is 0 Å². The first-order valence-electron chi connectivity index (χ1n) is 7.71. The summed E-state index contributed by atoms with van der Waals surface area (Å²) in [6, 6.07) is 5.72. The Labute approximate surface area is 139 Å². The molecule has 1 aromatic carbocycles. The molecule has 0 aliphatic carbocycles. The molecule has 1 aliphatic heterocycles. The minimum Gasteiger partial charge on any atom is -0.326 e. The van der Waals surface area contributed by atoms with Crippen LogP contribution in [-0.4, -0.2) is 23.8 Å². The van der Waals surface area contributed by atoms with Crippen molar-refractivity contribution >= 4 is 34.5 Å². The van der Waals surface area contributed by atoms with E-state index in [1.54, 1.807) is 29.5 Å². The molecule has 0 bridgehead atoms. The minimum absolute atomic E-state index is 0.0155. The SMILES string of the molecule is CN1C(=O)CCc2cc(NC(=O)CCCc3nccs3)ccc21. The number of aryl methyl sites for hydroxylation is 2. The molecule has 0 radical (unpaired) electrons. The molecule has 0 fully saturated rings. The highest BCUT2D eigenvalue weighted by atomic mass is 32.1. The largest absolute Gasteiger partial charge is 0.326 e. The Hall–Kier alpha value is -2.21. The zero-order valence-electron chi connectivity index (χ0n) is 13.0. The number of nitrogens with one attached hydrogen (secondary N) is 1. The molecule has 0 saturated heterocycles. The summed E-state index contributed by atoms with van der Waals surface area (Å²) >= 11 is 1.62. The lowest BCUT2D eigenvalue weighted by Crippen LogP contribution is -2.31. The lowest BCUT2D eigenvalue weighted by Gasteiger charge is -2.26. The summed E-state index contributed by atoms with van der Waals surface area (Å²) in [4.78, 5) is 29.6. The summed E-state index contributed by atoms with van der Waals surface area (Å²) in [5.41, 5.74) is 2.83. The number of carbonyl (C=O) groups excluding carboxylic acids is 2. The van der Waals surface area contributed by atoms with Crippen LogP contribution in [0.3, 0.4) is 0 Å². The second-order valence-electron chi connectivity index (χ2n) is 5.62. The molecule has 6 heteroatoms. The molecular formula is C17H19N3O2S. The standard InChI is InChI=1S/C17H19N3O2S/c1-20-14-7-6-13(11-12(14)5-8-17(20)22)19-15(21)3-2-4-16-18-9-10-23-16/h6-7,9-11H,2-5,8H2,1H3,(H,19,21). The Morgan fingerprint density at radius 1 is 1.39 bits per heavy atom. The molecule has 1 aromatic heterocycles. The first kappa shape index (κ1) is 15.7. The predicted octanol–water partition coefficient (Wildman–Crippen LogP) is 3.01. The summed E-state index contributed by atoms with van der Waals surface area (Å²) in [6.07, 6.45) is 5.15. The molecule has 2 aromatic rings. The van der Waals surface area contributed by atoms with E-state index < -0.39 is 0 Å². The summed E-state index contributed by atoms with van der Waals surface area (Å²) in [5, 5.41) is 5.96. The number of aromatic nitrogens is 1. The molecule has 0 spiro atoms. The van der Waals surface area contributed by atoms with E-state index in [1.165, 1.54) is 0 Å². The van der Waals surface area contributed by atoms with Gasteiger partial charge in [-0.2, -0.15) is 0 Å². The van der Waals surface area contributed by atoms with Crippen LogP contribution >= 0.6 is 11.3 Å². The fourth-order valence-corrected chi connectivity index (χ4v) is 3.40. The molecule has 120 valence electrons. The molecule has 1 aliphatic rings. The van der Waals surface area contributed by atoms with Gasteiger partial charge in [0, 0.05) is 42.8 Å². The van der Waals surface area contributed by atoms with Crippen molar-refractivity contribution in [3.63, 3.8) is 0 Å². The number of anilines is 2. The fourth-order valence-electron chi connectivity index (χ4n) is 2.73. The van der Waals surface area contributed by atoms with Gasteiger partial charge in [-0.1, -0.05) is 0 Å². The smallest absolute Gasteiger partial charge is 0.227 e. The van der Waals surface area contributed by atoms with Gasteiger partial charge < -0.3 is 10.2 Å². The maximum atomic E-state index is 12.0. The van der Waals surface area contributed by atoms with Crippen molar-refractivity contribution < 1.29 is 9.59 Å². The molecule has 2 amide bonds. The van der Waals surface area contributed by atoms with E-state index in [4.69, 9.17) is 0 Å². The van der Waals surface area contributed by atoms with Crippen molar-refractivity contribution in [3.05, 3.63) is 40.3 Å². The molecule has 3 rings (SSSR count). The zero-order valence-corrected chi connectivity index (χ0v) is 13.9. The van der Waals surface area contributed by atoms with Gasteiger partial charge in [0.05, 0.1) is 5.01 Å². The van der Waals surface area contributed by atoms with Gasteiger partial charge in [-0.25, -0.2) is 4.98 Å². The third-order valence-electron chi connectivity index (χ3n) is 3.98. The highest BCUT2D eigenvalue weighted by molar-refractivity contribution is 7.09. The van der Waals surface area contributed by atoms with Gasteiger partial charge in [0.25, 0.3) is 0 Å². The Bertz CT molecular complexity index is 713. The van der Waals surface area contributed by atoms with Crippen molar-refractivity contribution in [2.45, 2.75) is 32.1 Å². The van der Waals surface area contributed by atoms with Crippen LogP contribution < -0.4 is 10.2 Å². The van der Waals surface area contributed by atoms with Crippen LogP contribution in [0.25, 0.3) is 0 Å². The Morgan fingerprint density at radius 3 is 3.04 bits per heavy atom. The highest BCUT2D eigenvalue weighted by Crippen LogP contribution is 2.29. The predicted molar refractivity (Wildman–Crippen MR) is 91.9 cm³/mol. The van der Waals surface area contributed by atoms with Gasteiger partial charge in [0.15, 0.2) is 0 Å². The van der Waals surface area contributed by atoms with Crippen LogP contribution in [-0.2, 0) is 22.4 Å². The van der Waals surface area contributed by atoms with Crippen LogP contribution in [0.4, 0.5) is 11.4 Å². The fraction of sp³-hybridized carbons (Fsp3) is 0.353. The molecule has 0 atom stereocenters. The summed E-state index contributed by atoms with van der Waals surface area (Å²) in [5.74, 6) is 0.151. The van der Waals surface area contributed by atoms with Gasteiger partial charge in [0.1, 0.15) is 0 Å². The van der Waals surface area contributed by atoms with Crippen molar-refractivity contribution in [1.29, 1.82) is 0 Å². The third-order valence-corrected chi connectivity index (χ3v) is 4.82. The van der Waals surface area contributed by atoms with Crippen LogP contribution in [0.5, 0.6) is 0 Å². The van der Waals surface area contributed by atoms with Crippen LogP contribution in [0.1, 0.15) is 29.8 Å². The van der Waals surface area contributed by atoms with E-state index in [1.807, 2.05) is 23.6 Å². The molecule has 2 heterocycles. The van der Waals surface area contributed by atoms with E-state index >= 15 is 0 Å². The van der Waals surface area contributed by atoms with E-state index in [-0.39, 0.29) is 11.8 Å². The lowest BCUT2D eigenvalue weighted by molar-refractivity contribution is -0.118. The number of carbonyl (C=O) groups is 2. The van der Waals surface area contributed by atoms with Gasteiger partial charge in [0.2, 0.25) is 11.8 Å². The minimum atomic E-state index is 0.0155. The van der Waals surface area contributed by atoms with Crippen molar-refractivity contribution in [2.75, 3.05) is 17.3 Å². The molecule has 23 heavy (non-hydrogen) atoms. The molecule has 0 unspecified atom stereocenters. The Balaban J connectivity index is 1.55. The molecule has 0 saturated carbocycles. The normalized spacial score (nSPS) is 13.8. The van der Waals surface area contributed by atoms with Gasteiger partial charge >= 0.3 is 0 Å². The first-order chi connectivity index (χ1) is 11.1. The quantitative estimate of drug-likeness (QED) is 0.917. The summed E-state index contributed by atoms with van der Waals surface area (Å²) in [7, 11) is 1.79. The lowest BCUT2D eigenvalue weighted by atomic mass is 10.0. The number of amides is 2. The molecular weight excluding hydrogens is 310 g/mol. The van der Waals surface area contributed by atoms with Crippen molar-refractivity contribution in [3.8, 4) is 0 Å². The van der Waals surface area contributed by atoms with Crippen molar-refractivity contribution in [1.82, 2.24) is 4.98 Å². The number of hydrogen-bond donors (Lipinski definition) is 1. The van der Waals surface area contributed by atoms with Crippen LogP contribution in [0.2, 0.25) is 0 Å². The topological polar surface area (TPSA) is 62.3 Å². The monoisotopic (exact) mass is 329 g/mol. The average molecular weight is 329 g/mol. The van der Waals surface area contributed by atoms with Gasteiger partial charge in [-0.15, -0.1) is 11.3 Å². The van der Waals surface area contributed by atoms with E-state index in [2.05, 4.69) is 10.3 Å². The first-order valence-corrected chi connectivity index (χ1v) is 8.59. The molecule has 5 nitrogen and oxygen atoms in total. The number of rotatable bonds is 5. The van der Waals surface area contributed by atoms with Crippen LogP contribution in [0.15, 0.2) is 29.8 Å². The summed E-state index contributed by atoms with van der Waals surface area (Å²) < 4.78 is 0. The van der Waals surface area contributed by atoms with E-state index in [0.29, 0.717) is 12.8 Å². The number of benzene rings is 1. The number of nitrogens with zero attached hydrogens (tertiary/aromatic N) is 2. The highest BCUT2D eigenvalue weighted by Gasteiger charge is 2.20. The average Bonchev–Trinajstić information content (AvgIpc) is 3.04. The van der Waals surface area contributed by atoms with Gasteiger partial charge in [-0.3, -0.25) is 9.59 Å². The second-order valence-corrected chi connectivity index (χ2v) is 6.60. The maximum absolute atomic E-state index is 12.0. The number of fused-ring (bicyclic) bond motifs is 1. The van der Waals surface area contributed by atoms with E-state index in [9.17, 15) is 9.59 Å². The maximum Gasteiger partial charge on any atom is 0.227 e. The van der Waals surface area contributed by atoms with Gasteiger partial charge in [-0.05, 0) is 43.0 Å². The molecule has 1 N–H and O–H groups in total. The number of thiazole rings is 1. The number of hydrogen-bond acceptors (Lipinski definition) is 4. The second kappa shape index (κ2) is 6.91. The Morgan fingerprint density at radius 2 is 2.26 bits per heavy atom. The third kappa shape index (κ3) is 3.76. The zero-order chi connectivity index (χ0) is 16.2. The summed E-state index contributed by atoms with van der Waals surface area (Å²) in [6.45, 7) is 0.